The van der Waals surface area contributed by atoms with Crippen LogP contribution in [0.2, 0.25) is 0 Å². The monoisotopic (exact) mass is 620 g/mol. The molecule has 0 aliphatic heterocycles. The molecule has 0 saturated carbocycles. The lowest BCUT2D eigenvalue weighted by molar-refractivity contribution is -0.133. The Bertz CT molecular complexity index is 1120. The highest BCUT2D eigenvalue weighted by atomic mass is 16.6. The van der Waals surface area contributed by atoms with E-state index in [0.717, 1.165) is 12.0 Å². The number of benzene rings is 1. The second-order valence-electron chi connectivity index (χ2n) is 11.8. The number of hydrogen-bond acceptors (Lipinski definition) is 8. The smallest absolute Gasteiger partial charge is 0.408 e. The second-order valence-corrected chi connectivity index (χ2v) is 11.8. The van der Waals surface area contributed by atoms with Gasteiger partial charge in [0.1, 0.15) is 17.7 Å². The number of primary amides is 2. The molecule has 246 valence electrons. The zero-order valence-electron chi connectivity index (χ0n) is 26.2. The summed E-state index contributed by atoms with van der Waals surface area (Å²) < 4.78 is 5.19. The molecule has 14 nitrogen and oxygen atoms in total. The number of amides is 6. The third-order valence-electron chi connectivity index (χ3n) is 6.55. The van der Waals surface area contributed by atoms with Crippen molar-refractivity contribution in [3.63, 3.8) is 0 Å². The van der Waals surface area contributed by atoms with Gasteiger partial charge in [0, 0.05) is 13.0 Å². The summed E-state index contributed by atoms with van der Waals surface area (Å²) in [5.74, 6) is -3.57. The Morgan fingerprint density at radius 1 is 0.886 bits per heavy atom. The van der Waals surface area contributed by atoms with Crippen molar-refractivity contribution in [3.8, 4) is 0 Å². The van der Waals surface area contributed by atoms with Gasteiger partial charge in [0.15, 0.2) is 0 Å². The molecular weight excluding hydrogens is 572 g/mol. The summed E-state index contributed by atoms with van der Waals surface area (Å²) in [5, 5.41) is 21.2. The molecule has 9 N–H and O–H groups in total. The van der Waals surface area contributed by atoms with Gasteiger partial charge in [-0.3, -0.25) is 24.0 Å². The molecule has 5 atom stereocenters. The van der Waals surface area contributed by atoms with Crippen molar-refractivity contribution in [1.82, 2.24) is 21.3 Å². The van der Waals surface area contributed by atoms with Gasteiger partial charge >= 0.3 is 6.09 Å². The van der Waals surface area contributed by atoms with Crippen LogP contribution < -0.4 is 32.7 Å². The Morgan fingerprint density at radius 3 is 2.05 bits per heavy atom. The first-order chi connectivity index (χ1) is 20.5. The van der Waals surface area contributed by atoms with Gasteiger partial charge in [0.25, 0.3) is 0 Å². The Labute approximate surface area is 258 Å². The molecule has 0 aliphatic carbocycles. The molecule has 1 aromatic carbocycles. The normalized spacial score (nSPS) is 14.6. The van der Waals surface area contributed by atoms with Crippen LogP contribution in [0.5, 0.6) is 0 Å². The molecule has 6 amide bonds. The van der Waals surface area contributed by atoms with Crippen LogP contribution in [0.1, 0.15) is 72.3 Å². The van der Waals surface area contributed by atoms with Crippen LogP contribution in [-0.4, -0.2) is 77.1 Å². The molecule has 1 aromatic rings. The van der Waals surface area contributed by atoms with Crippen LogP contribution in [0.25, 0.3) is 0 Å². The number of nitrogens with one attached hydrogen (secondary N) is 4. The van der Waals surface area contributed by atoms with Gasteiger partial charge < -0.3 is 42.6 Å². The van der Waals surface area contributed by atoms with Crippen molar-refractivity contribution >= 4 is 35.6 Å². The molecule has 0 saturated heterocycles. The van der Waals surface area contributed by atoms with E-state index in [-0.39, 0.29) is 31.6 Å². The summed E-state index contributed by atoms with van der Waals surface area (Å²) >= 11 is 0. The first-order valence-electron chi connectivity index (χ1n) is 14.7. The minimum absolute atomic E-state index is 0.130. The van der Waals surface area contributed by atoms with Crippen molar-refractivity contribution in [2.45, 2.75) is 103 Å². The van der Waals surface area contributed by atoms with Crippen LogP contribution >= 0.6 is 0 Å². The van der Waals surface area contributed by atoms with E-state index in [2.05, 4.69) is 21.3 Å². The number of rotatable bonds is 18. The van der Waals surface area contributed by atoms with Gasteiger partial charge in [-0.15, -0.1) is 0 Å². The summed E-state index contributed by atoms with van der Waals surface area (Å²) in [6.07, 6.45) is -2.69. The molecule has 0 heterocycles. The molecule has 44 heavy (non-hydrogen) atoms. The molecule has 0 aromatic heterocycles. The maximum atomic E-state index is 13.4. The average molecular weight is 621 g/mol. The topological polar surface area (TPSA) is 232 Å². The second kappa shape index (κ2) is 18.5. The minimum Gasteiger partial charge on any atom is -0.444 e. The summed E-state index contributed by atoms with van der Waals surface area (Å²) in [5.41, 5.74) is 10.4. The van der Waals surface area contributed by atoms with E-state index in [4.69, 9.17) is 16.2 Å². The number of nitrogens with two attached hydrogens (primary N) is 2. The van der Waals surface area contributed by atoms with Gasteiger partial charge in [-0.25, -0.2) is 4.79 Å². The van der Waals surface area contributed by atoms with E-state index >= 15 is 0 Å². The molecule has 0 fully saturated rings. The van der Waals surface area contributed by atoms with E-state index < -0.39 is 71.9 Å². The fourth-order valence-electron chi connectivity index (χ4n) is 3.96. The number of carbonyl (C=O) groups excluding carboxylic acids is 6. The lowest BCUT2D eigenvalue weighted by atomic mass is 9.98. The number of alkyl carbamates (subject to hydrolysis) is 1. The van der Waals surface area contributed by atoms with Gasteiger partial charge in [0.2, 0.25) is 29.5 Å². The minimum atomic E-state index is -1.51. The summed E-state index contributed by atoms with van der Waals surface area (Å²) in [4.78, 5) is 74.7. The van der Waals surface area contributed by atoms with E-state index in [9.17, 15) is 33.9 Å². The fourth-order valence-corrected chi connectivity index (χ4v) is 3.96. The summed E-state index contributed by atoms with van der Waals surface area (Å²) in [6.45, 7) is 9.25. The zero-order valence-corrected chi connectivity index (χ0v) is 26.2. The maximum Gasteiger partial charge on any atom is 0.408 e. The number of ether oxygens (including phenoxy) is 1. The van der Waals surface area contributed by atoms with Crippen molar-refractivity contribution < 1.29 is 38.6 Å². The molecule has 1 unspecified atom stereocenters. The van der Waals surface area contributed by atoms with E-state index in [1.807, 2.05) is 13.8 Å². The summed E-state index contributed by atoms with van der Waals surface area (Å²) in [6, 6.07) is 5.07. The van der Waals surface area contributed by atoms with Crippen molar-refractivity contribution in [2.24, 2.45) is 17.4 Å². The molecule has 0 aliphatic rings. The van der Waals surface area contributed by atoms with E-state index in [1.54, 1.807) is 51.1 Å². The van der Waals surface area contributed by atoms with Gasteiger partial charge in [-0.2, -0.15) is 0 Å². The molecule has 14 heteroatoms. The van der Waals surface area contributed by atoms with E-state index in [1.165, 1.54) is 0 Å². The Hall–Kier alpha value is -4.20. The first kappa shape index (κ1) is 37.8. The highest BCUT2D eigenvalue weighted by molar-refractivity contribution is 5.94. The van der Waals surface area contributed by atoms with Gasteiger partial charge in [0.05, 0.1) is 25.0 Å². The SMILES string of the molecule is CCC(C)CNC(=O)C[C@@H](O)[C@H](Cc1ccccc1)NC(=O)[C@H](CC(N)=O)NC(=O)[C@H](CCC(N)=O)NC(=O)OC(C)(C)C. The van der Waals surface area contributed by atoms with Crippen LogP contribution in [-0.2, 0) is 35.1 Å². The highest BCUT2D eigenvalue weighted by Crippen LogP contribution is 2.12. The molecular formula is C30H48N6O8. The third kappa shape index (κ3) is 15.9. The molecule has 0 spiro atoms. The first-order valence-corrected chi connectivity index (χ1v) is 14.7. The number of aliphatic hydroxyl groups is 1. The fraction of sp³-hybridized carbons (Fsp3) is 0.600. The highest BCUT2D eigenvalue weighted by Gasteiger charge is 2.32. The third-order valence-corrected chi connectivity index (χ3v) is 6.55. The molecule has 0 bridgehead atoms. The van der Waals surface area contributed by atoms with Crippen molar-refractivity contribution in [3.05, 3.63) is 35.9 Å². The van der Waals surface area contributed by atoms with Crippen molar-refractivity contribution in [1.29, 1.82) is 0 Å². The Balaban J connectivity index is 3.16. The lowest BCUT2D eigenvalue weighted by Gasteiger charge is -2.28. The van der Waals surface area contributed by atoms with Crippen LogP contribution in [0.3, 0.4) is 0 Å². The summed E-state index contributed by atoms with van der Waals surface area (Å²) in [7, 11) is 0. The number of aliphatic hydroxyl groups excluding tert-OH is 1. The zero-order chi connectivity index (χ0) is 33.4. The van der Waals surface area contributed by atoms with Crippen molar-refractivity contribution in [2.75, 3.05) is 6.54 Å². The Morgan fingerprint density at radius 2 is 1.50 bits per heavy atom. The van der Waals surface area contributed by atoms with Crippen LogP contribution in [0.4, 0.5) is 4.79 Å². The average Bonchev–Trinajstić information content (AvgIpc) is 2.92. The predicted octanol–water partition coefficient (Wildman–Crippen LogP) is 0.146. The van der Waals surface area contributed by atoms with Gasteiger partial charge in [-0.1, -0.05) is 50.6 Å². The van der Waals surface area contributed by atoms with Crippen LogP contribution in [0.15, 0.2) is 30.3 Å². The van der Waals surface area contributed by atoms with E-state index in [0.29, 0.717) is 6.54 Å². The molecule has 1 rings (SSSR count). The lowest BCUT2D eigenvalue weighted by Crippen LogP contribution is -2.57. The standard InChI is InChI=1S/C30H48N6O8/c1-6-18(2)17-33-26(40)16-23(37)21(14-19-10-8-7-9-11-19)34-28(42)22(15-25(32)39)35-27(41)20(12-13-24(31)38)36-29(43)44-30(3,4)5/h7-11,18,20-23,37H,6,12-17H2,1-5H3,(H2,31,38)(H2,32,39)(H,33,40)(H,34,42)(H,35,41)(H,36,43)/t18?,20-,21-,22-,23+/m0/s1. The number of hydrogen-bond donors (Lipinski definition) is 7. The Kier molecular flexibility index (Phi) is 15.9. The molecule has 0 radical (unpaired) electrons. The van der Waals surface area contributed by atoms with Gasteiger partial charge in [-0.05, 0) is 45.1 Å². The quantitative estimate of drug-likeness (QED) is 0.119. The van der Waals surface area contributed by atoms with Crippen LogP contribution in [0, 0.1) is 5.92 Å². The largest absolute Gasteiger partial charge is 0.444 e. The maximum absolute atomic E-state index is 13.4. The number of carbonyl (C=O) groups is 6. The predicted molar refractivity (Wildman–Crippen MR) is 162 cm³/mol.